The van der Waals surface area contributed by atoms with Crippen LogP contribution < -0.4 is 10.6 Å². The summed E-state index contributed by atoms with van der Waals surface area (Å²) in [5.74, 6) is -0.263. The third-order valence-electron chi connectivity index (χ3n) is 4.08. The van der Waals surface area contributed by atoms with E-state index in [4.69, 9.17) is 0 Å². The van der Waals surface area contributed by atoms with Gasteiger partial charge in [0.05, 0.1) is 5.56 Å². The molecule has 126 valence electrons. The normalized spacial score (nSPS) is 13.5. The molecule has 0 saturated carbocycles. The number of amides is 2. The van der Waals surface area contributed by atoms with Crippen LogP contribution in [0.1, 0.15) is 57.8 Å². The van der Waals surface area contributed by atoms with Crippen molar-refractivity contribution in [3.05, 3.63) is 51.9 Å². The van der Waals surface area contributed by atoms with Crippen molar-refractivity contribution in [3.63, 3.8) is 0 Å². The Morgan fingerprint density at radius 2 is 1.75 bits per heavy atom. The van der Waals surface area contributed by atoms with Crippen LogP contribution in [0.15, 0.2) is 30.3 Å². The van der Waals surface area contributed by atoms with Crippen LogP contribution in [-0.4, -0.2) is 17.9 Å². The summed E-state index contributed by atoms with van der Waals surface area (Å²) in [4.78, 5) is 26.4. The van der Waals surface area contributed by atoms with Crippen LogP contribution in [0.2, 0.25) is 0 Å². The molecular weight excluding hydrogens is 320 g/mol. The lowest BCUT2D eigenvalue weighted by Crippen LogP contribution is -2.31. The van der Waals surface area contributed by atoms with Crippen LogP contribution >= 0.6 is 11.3 Å². The highest BCUT2D eigenvalue weighted by Crippen LogP contribution is 2.38. The lowest BCUT2D eigenvalue weighted by atomic mass is 9.95. The molecule has 0 unspecified atom stereocenters. The molecule has 0 fully saturated rings. The summed E-state index contributed by atoms with van der Waals surface area (Å²) < 4.78 is 0. The summed E-state index contributed by atoms with van der Waals surface area (Å²) in [6.07, 6.45) is 4.14. The number of carbonyl (C=O) groups is 2. The zero-order valence-electron chi connectivity index (χ0n) is 14.0. The highest BCUT2D eigenvalue weighted by Gasteiger charge is 2.26. The standard InChI is InChI=1S/C19H22N2O2S/c1-12(2)20-18(23)16-14-10-6-7-11-15(14)24-19(16)21-17(22)13-8-4-3-5-9-13/h3-5,8-9,12H,6-7,10-11H2,1-2H3,(H,20,23)(H,21,22). The Bertz CT molecular complexity index is 750. The fraction of sp³-hybridized carbons (Fsp3) is 0.368. The molecule has 1 aromatic carbocycles. The second kappa shape index (κ2) is 7.18. The van der Waals surface area contributed by atoms with Crippen molar-refractivity contribution in [1.82, 2.24) is 5.32 Å². The lowest BCUT2D eigenvalue weighted by Gasteiger charge is -2.14. The molecule has 2 aromatic rings. The summed E-state index contributed by atoms with van der Waals surface area (Å²) in [5.41, 5.74) is 2.37. The molecule has 0 saturated heterocycles. The lowest BCUT2D eigenvalue weighted by molar-refractivity contribution is 0.0943. The van der Waals surface area contributed by atoms with E-state index in [1.807, 2.05) is 32.0 Å². The van der Waals surface area contributed by atoms with E-state index in [2.05, 4.69) is 10.6 Å². The Kier molecular flexibility index (Phi) is 5.00. The summed E-state index contributed by atoms with van der Waals surface area (Å²) in [6, 6.07) is 9.16. The van der Waals surface area contributed by atoms with Crippen molar-refractivity contribution in [2.24, 2.45) is 0 Å². The van der Waals surface area contributed by atoms with Gasteiger partial charge in [-0.15, -0.1) is 11.3 Å². The summed E-state index contributed by atoms with van der Waals surface area (Å²) >= 11 is 1.55. The minimum absolute atomic E-state index is 0.0642. The van der Waals surface area contributed by atoms with E-state index in [1.165, 1.54) is 4.88 Å². The highest BCUT2D eigenvalue weighted by atomic mass is 32.1. The quantitative estimate of drug-likeness (QED) is 0.882. The Balaban J connectivity index is 1.93. The largest absolute Gasteiger partial charge is 0.350 e. The predicted molar refractivity (Wildman–Crippen MR) is 98.0 cm³/mol. The van der Waals surface area contributed by atoms with E-state index < -0.39 is 0 Å². The van der Waals surface area contributed by atoms with Crippen molar-refractivity contribution in [3.8, 4) is 0 Å². The smallest absolute Gasteiger partial charge is 0.256 e. The number of thiophene rings is 1. The van der Waals surface area contributed by atoms with Crippen LogP contribution in [-0.2, 0) is 12.8 Å². The van der Waals surface area contributed by atoms with Crippen molar-refractivity contribution >= 4 is 28.2 Å². The van der Waals surface area contributed by atoms with Gasteiger partial charge in [0.15, 0.2) is 0 Å². The van der Waals surface area contributed by atoms with Crippen LogP contribution in [0.4, 0.5) is 5.00 Å². The number of rotatable bonds is 4. The van der Waals surface area contributed by atoms with Gasteiger partial charge in [0.2, 0.25) is 0 Å². The van der Waals surface area contributed by atoms with Gasteiger partial charge in [0, 0.05) is 16.5 Å². The first kappa shape index (κ1) is 16.7. The van der Waals surface area contributed by atoms with Gasteiger partial charge in [-0.1, -0.05) is 18.2 Å². The second-order valence-corrected chi connectivity index (χ2v) is 7.47. The van der Waals surface area contributed by atoms with Crippen molar-refractivity contribution in [2.75, 3.05) is 5.32 Å². The molecule has 24 heavy (non-hydrogen) atoms. The molecule has 4 nitrogen and oxygen atoms in total. The SMILES string of the molecule is CC(C)NC(=O)c1c(NC(=O)c2ccccc2)sc2c1CCCC2. The maximum Gasteiger partial charge on any atom is 0.256 e. The zero-order chi connectivity index (χ0) is 17.1. The fourth-order valence-electron chi connectivity index (χ4n) is 2.99. The molecule has 0 bridgehead atoms. The number of hydrogen-bond acceptors (Lipinski definition) is 3. The maximum atomic E-state index is 12.7. The molecule has 2 amide bonds. The number of nitrogens with one attached hydrogen (secondary N) is 2. The fourth-order valence-corrected chi connectivity index (χ4v) is 4.28. The van der Waals surface area contributed by atoms with Crippen LogP contribution in [0.3, 0.4) is 0 Å². The van der Waals surface area contributed by atoms with Gasteiger partial charge in [-0.3, -0.25) is 9.59 Å². The Morgan fingerprint density at radius 3 is 2.46 bits per heavy atom. The molecule has 0 radical (unpaired) electrons. The Labute approximate surface area is 146 Å². The number of benzene rings is 1. The van der Waals surface area contributed by atoms with Gasteiger partial charge in [-0.25, -0.2) is 0 Å². The molecule has 1 aliphatic rings. The van der Waals surface area contributed by atoms with Gasteiger partial charge >= 0.3 is 0 Å². The predicted octanol–water partition coefficient (Wildman–Crippen LogP) is 4.02. The average molecular weight is 342 g/mol. The summed E-state index contributed by atoms with van der Waals surface area (Å²) in [7, 11) is 0. The van der Waals surface area contributed by atoms with Gasteiger partial charge in [0.1, 0.15) is 5.00 Å². The highest BCUT2D eigenvalue weighted by molar-refractivity contribution is 7.17. The van der Waals surface area contributed by atoms with E-state index in [-0.39, 0.29) is 17.9 Å². The number of fused-ring (bicyclic) bond motifs is 1. The van der Waals surface area contributed by atoms with Gasteiger partial charge in [-0.2, -0.15) is 0 Å². The van der Waals surface area contributed by atoms with E-state index in [1.54, 1.807) is 23.5 Å². The molecule has 5 heteroatoms. The number of anilines is 1. The first-order chi connectivity index (χ1) is 11.6. The number of carbonyl (C=O) groups excluding carboxylic acids is 2. The molecule has 0 spiro atoms. The Hall–Kier alpha value is -2.14. The number of aryl methyl sites for hydroxylation is 1. The van der Waals surface area contributed by atoms with Crippen LogP contribution in [0.5, 0.6) is 0 Å². The molecule has 1 heterocycles. The van der Waals surface area contributed by atoms with Gasteiger partial charge in [-0.05, 0) is 57.2 Å². The van der Waals surface area contributed by atoms with Crippen molar-refractivity contribution < 1.29 is 9.59 Å². The summed E-state index contributed by atoms with van der Waals surface area (Å²) in [5, 5.41) is 6.60. The van der Waals surface area contributed by atoms with Crippen molar-refractivity contribution in [2.45, 2.75) is 45.6 Å². The third kappa shape index (κ3) is 3.51. The first-order valence-corrected chi connectivity index (χ1v) is 9.19. The Morgan fingerprint density at radius 1 is 1.04 bits per heavy atom. The summed E-state index contributed by atoms with van der Waals surface area (Å²) in [6.45, 7) is 3.89. The molecular formula is C19H22N2O2S. The molecule has 0 atom stereocenters. The molecule has 0 aliphatic heterocycles. The monoisotopic (exact) mass is 342 g/mol. The van der Waals surface area contributed by atoms with Gasteiger partial charge < -0.3 is 10.6 Å². The van der Waals surface area contributed by atoms with E-state index in [0.717, 1.165) is 31.2 Å². The molecule has 1 aliphatic carbocycles. The maximum absolute atomic E-state index is 12.7. The minimum Gasteiger partial charge on any atom is -0.350 e. The number of hydrogen-bond donors (Lipinski definition) is 2. The zero-order valence-corrected chi connectivity index (χ0v) is 14.8. The van der Waals surface area contributed by atoms with Crippen LogP contribution in [0, 0.1) is 0 Å². The molecule has 1 aromatic heterocycles. The van der Waals surface area contributed by atoms with Crippen molar-refractivity contribution in [1.29, 1.82) is 0 Å². The first-order valence-electron chi connectivity index (χ1n) is 8.38. The van der Waals surface area contributed by atoms with E-state index in [0.29, 0.717) is 16.1 Å². The van der Waals surface area contributed by atoms with E-state index in [9.17, 15) is 9.59 Å². The third-order valence-corrected chi connectivity index (χ3v) is 5.29. The molecule has 2 N–H and O–H groups in total. The van der Waals surface area contributed by atoms with Gasteiger partial charge in [0.25, 0.3) is 11.8 Å². The average Bonchev–Trinajstić information content (AvgIpc) is 2.92. The minimum atomic E-state index is -0.173. The van der Waals surface area contributed by atoms with Crippen LogP contribution in [0.25, 0.3) is 0 Å². The second-order valence-electron chi connectivity index (χ2n) is 6.36. The topological polar surface area (TPSA) is 58.2 Å². The van der Waals surface area contributed by atoms with E-state index >= 15 is 0 Å². The molecule has 3 rings (SSSR count).